The summed E-state index contributed by atoms with van der Waals surface area (Å²) in [6.45, 7) is 7.90. The third-order valence-electron chi connectivity index (χ3n) is 4.35. The number of carbonyl (C=O) groups is 2. The molecule has 0 aromatic carbocycles. The molecule has 0 radical (unpaired) electrons. The van der Waals surface area contributed by atoms with Crippen molar-refractivity contribution in [2.24, 2.45) is 17.8 Å². The van der Waals surface area contributed by atoms with E-state index in [0.717, 1.165) is 32.4 Å². The largest absolute Gasteiger partial charge is 0.481 e. The molecule has 1 unspecified atom stereocenters. The van der Waals surface area contributed by atoms with E-state index in [1.165, 1.54) is 0 Å². The number of amides is 1. The number of carboxylic acid groups (broad SMARTS) is 1. The highest BCUT2D eigenvalue weighted by Crippen LogP contribution is 2.30. The summed E-state index contributed by atoms with van der Waals surface area (Å²) in [5.41, 5.74) is 0. The molecule has 1 fully saturated rings. The first-order valence-corrected chi connectivity index (χ1v) is 7.51. The fourth-order valence-electron chi connectivity index (χ4n) is 2.73. The van der Waals surface area contributed by atoms with E-state index in [2.05, 4.69) is 13.8 Å². The molecule has 0 aromatic heterocycles. The molecule has 19 heavy (non-hydrogen) atoms. The summed E-state index contributed by atoms with van der Waals surface area (Å²) in [5, 5.41) is 8.97. The van der Waals surface area contributed by atoms with Gasteiger partial charge < -0.3 is 10.0 Å². The zero-order valence-electron chi connectivity index (χ0n) is 12.4. The van der Waals surface area contributed by atoms with E-state index in [0.29, 0.717) is 18.8 Å². The summed E-state index contributed by atoms with van der Waals surface area (Å²) in [7, 11) is 0. The Hall–Kier alpha value is -1.06. The van der Waals surface area contributed by atoms with E-state index in [4.69, 9.17) is 5.11 Å². The normalized spacial score (nSPS) is 24.8. The monoisotopic (exact) mass is 269 g/mol. The molecular weight excluding hydrogens is 242 g/mol. The Bertz CT molecular complexity index is 309. The van der Waals surface area contributed by atoms with E-state index in [1.54, 1.807) is 0 Å². The molecule has 4 nitrogen and oxygen atoms in total. The minimum Gasteiger partial charge on any atom is -0.481 e. The van der Waals surface area contributed by atoms with Crippen molar-refractivity contribution in [1.29, 1.82) is 0 Å². The summed E-state index contributed by atoms with van der Waals surface area (Å²) in [4.78, 5) is 25.3. The Morgan fingerprint density at radius 1 is 1.16 bits per heavy atom. The van der Waals surface area contributed by atoms with Crippen LogP contribution in [0.2, 0.25) is 0 Å². The van der Waals surface area contributed by atoms with Crippen LogP contribution in [0.5, 0.6) is 0 Å². The summed E-state index contributed by atoms with van der Waals surface area (Å²) < 4.78 is 0. The van der Waals surface area contributed by atoms with Gasteiger partial charge in [-0.25, -0.2) is 0 Å². The van der Waals surface area contributed by atoms with Gasteiger partial charge in [0.15, 0.2) is 0 Å². The topological polar surface area (TPSA) is 57.6 Å². The molecule has 1 saturated carbocycles. The Labute approximate surface area is 116 Å². The lowest BCUT2D eigenvalue weighted by atomic mass is 9.81. The minimum absolute atomic E-state index is 0.0413. The van der Waals surface area contributed by atoms with Gasteiger partial charge in [-0.05, 0) is 38.5 Å². The van der Waals surface area contributed by atoms with E-state index in [9.17, 15) is 9.59 Å². The molecule has 0 bridgehead atoms. The summed E-state index contributed by atoms with van der Waals surface area (Å²) >= 11 is 0. The van der Waals surface area contributed by atoms with Crippen molar-refractivity contribution in [3.8, 4) is 0 Å². The number of hydrogen-bond donors (Lipinski definition) is 1. The predicted molar refractivity (Wildman–Crippen MR) is 74.8 cm³/mol. The average molecular weight is 269 g/mol. The van der Waals surface area contributed by atoms with Gasteiger partial charge in [-0.2, -0.15) is 0 Å². The van der Waals surface area contributed by atoms with E-state index < -0.39 is 5.97 Å². The van der Waals surface area contributed by atoms with Crippen LogP contribution in [0.1, 0.15) is 52.9 Å². The van der Waals surface area contributed by atoms with Gasteiger partial charge in [-0.3, -0.25) is 9.59 Å². The van der Waals surface area contributed by atoms with Crippen molar-refractivity contribution in [2.45, 2.75) is 52.9 Å². The van der Waals surface area contributed by atoms with Gasteiger partial charge in [0.05, 0.1) is 5.92 Å². The lowest BCUT2D eigenvalue weighted by Crippen LogP contribution is -2.40. The molecule has 0 saturated heterocycles. The van der Waals surface area contributed by atoms with Gasteiger partial charge in [0.25, 0.3) is 0 Å². The zero-order chi connectivity index (χ0) is 14.4. The van der Waals surface area contributed by atoms with Crippen molar-refractivity contribution in [2.75, 3.05) is 13.1 Å². The van der Waals surface area contributed by atoms with Crippen LogP contribution in [-0.4, -0.2) is 35.0 Å². The molecule has 0 heterocycles. The van der Waals surface area contributed by atoms with Gasteiger partial charge in [0, 0.05) is 19.0 Å². The van der Waals surface area contributed by atoms with Gasteiger partial charge in [-0.15, -0.1) is 0 Å². The van der Waals surface area contributed by atoms with Gasteiger partial charge in [0.2, 0.25) is 5.91 Å². The third kappa shape index (κ3) is 4.51. The van der Waals surface area contributed by atoms with Crippen LogP contribution < -0.4 is 0 Å². The first-order chi connectivity index (χ1) is 8.99. The standard InChI is InChI=1S/C15H27NO3/c1-4-11(3)10-16(5-2)14(17)12-6-8-13(9-7-12)15(18)19/h11-13H,4-10H2,1-3H3,(H,18,19). The molecule has 1 aliphatic carbocycles. The number of hydrogen-bond acceptors (Lipinski definition) is 2. The molecule has 110 valence electrons. The Morgan fingerprint density at radius 2 is 1.68 bits per heavy atom. The number of rotatable bonds is 6. The van der Waals surface area contributed by atoms with E-state index >= 15 is 0 Å². The molecule has 0 aromatic rings. The second kappa shape index (κ2) is 7.51. The maximum absolute atomic E-state index is 12.4. The molecule has 1 N–H and O–H groups in total. The molecule has 0 aliphatic heterocycles. The van der Waals surface area contributed by atoms with Gasteiger partial charge in [0.1, 0.15) is 0 Å². The third-order valence-corrected chi connectivity index (χ3v) is 4.35. The first kappa shape index (κ1) is 16.0. The van der Waals surface area contributed by atoms with Gasteiger partial charge >= 0.3 is 5.97 Å². The molecule has 1 atom stereocenters. The highest BCUT2D eigenvalue weighted by molar-refractivity contribution is 5.79. The van der Waals surface area contributed by atoms with Crippen molar-refractivity contribution in [1.82, 2.24) is 4.90 Å². The lowest BCUT2D eigenvalue weighted by molar-refractivity contribution is -0.145. The first-order valence-electron chi connectivity index (χ1n) is 7.51. The van der Waals surface area contributed by atoms with Crippen molar-refractivity contribution in [3.63, 3.8) is 0 Å². The fourth-order valence-corrected chi connectivity index (χ4v) is 2.73. The van der Waals surface area contributed by atoms with Crippen molar-refractivity contribution < 1.29 is 14.7 Å². The Kier molecular flexibility index (Phi) is 6.32. The molecular formula is C15H27NO3. The lowest BCUT2D eigenvalue weighted by Gasteiger charge is -2.31. The molecule has 1 rings (SSSR count). The van der Waals surface area contributed by atoms with Crippen LogP contribution in [0.3, 0.4) is 0 Å². The maximum Gasteiger partial charge on any atom is 0.306 e. The zero-order valence-corrected chi connectivity index (χ0v) is 12.4. The summed E-state index contributed by atoms with van der Waals surface area (Å²) in [5.74, 6) is -0.156. The van der Waals surface area contributed by atoms with Crippen LogP contribution >= 0.6 is 0 Å². The van der Waals surface area contributed by atoms with Crippen molar-refractivity contribution in [3.05, 3.63) is 0 Å². The molecule has 1 aliphatic rings. The fraction of sp³-hybridized carbons (Fsp3) is 0.867. The smallest absolute Gasteiger partial charge is 0.306 e. The average Bonchev–Trinajstić information content (AvgIpc) is 2.43. The number of carbonyl (C=O) groups excluding carboxylic acids is 1. The number of aliphatic carboxylic acids is 1. The Morgan fingerprint density at radius 3 is 2.11 bits per heavy atom. The molecule has 1 amide bonds. The quantitative estimate of drug-likeness (QED) is 0.806. The minimum atomic E-state index is -0.710. The SMILES string of the molecule is CCC(C)CN(CC)C(=O)C1CCC(C(=O)O)CC1. The molecule has 4 heteroatoms. The van der Waals surface area contributed by atoms with E-state index in [-0.39, 0.29) is 17.7 Å². The van der Waals surface area contributed by atoms with Crippen LogP contribution in [0.15, 0.2) is 0 Å². The van der Waals surface area contributed by atoms with E-state index in [1.807, 2.05) is 11.8 Å². The highest BCUT2D eigenvalue weighted by atomic mass is 16.4. The van der Waals surface area contributed by atoms with Crippen LogP contribution in [-0.2, 0) is 9.59 Å². The summed E-state index contributed by atoms with van der Waals surface area (Å²) in [6.07, 6.45) is 3.83. The van der Waals surface area contributed by atoms with Gasteiger partial charge in [-0.1, -0.05) is 20.3 Å². The molecule has 0 spiro atoms. The van der Waals surface area contributed by atoms with Crippen LogP contribution in [0, 0.1) is 17.8 Å². The van der Waals surface area contributed by atoms with Crippen LogP contribution in [0.4, 0.5) is 0 Å². The maximum atomic E-state index is 12.4. The Balaban J connectivity index is 2.50. The predicted octanol–water partition coefficient (Wildman–Crippen LogP) is 2.77. The second-order valence-corrected chi connectivity index (χ2v) is 5.78. The number of nitrogens with zero attached hydrogens (tertiary/aromatic N) is 1. The highest BCUT2D eigenvalue weighted by Gasteiger charge is 2.31. The second-order valence-electron chi connectivity index (χ2n) is 5.78. The summed E-state index contributed by atoms with van der Waals surface area (Å²) in [6, 6.07) is 0. The van der Waals surface area contributed by atoms with Crippen molar-refractivity contribution >= 4 is 11.9 Å². The number of carboxylic acids is 1. The van der Waals surface area contributed by atoms with Crippen LogP contribution in [0.25, 0.3) is 0 Å².